The van der Waals surface area contributed by atoms with Crippen molar-refractivity contribution in [2.45, 2.75) is 25.3 Å². The lowest BCUT2D eigenvalue weighted by atomic mass is 9.94. The summed E-state index contributed by atoms with van der Waals surface area (Å²) in [5, 5.41) is 4.55. The van der Waals surface area contributed by atoms with Crippen LogP contribution in [0.4, 0.5) is 5.82 Å². The number of benzene rings is 1. The maximum atomic E-state index is 6.34. The standard InChI is InChI=1S/C24H27N5O3/c1-30-21-8-3-6-17(24(21)31-2)15-28-10-4-7-16(14-28)18-12-22(25)29-23(26-18)13-19(27-29)20-9-5-11-32-20/h3,5-6,8-9,11-13,16H,4,7,10,14-15,25H2,1-2H3. The molecule has 4 aromatic rings. The number of piperidine rings is 1. The number of fused-ring (bicyclic) bond motifs is 1. The molecule has 8 heteroatoms. The highest BCUT2D eigenvalue weighted by Crippen LogP contribution is 2.34. The molecule has 0 radical (unpaired) electrons. The number of likely N-dealkylation sites (tertiary alicyclic amines) is 1. The van der Waals surface area contributed by atoms with Crippen molar-refractivity contribution in [1.29, 1.82) is 0 Å². The minimum atomic E-state index is 0.301. The van der Waals surface area contributed by atoms with Crippen molar-refractivity contribution >= 4 is 11.5 Å². The van der Waals surface area contributed by atoms with Crippen molar-refractivity contribution in [3.05, 3.63) is 60.0 Å². The second-order valence-corrected chi connectivity index (χ2v) is 8.11. The summed E-state index contributed by atoms with van der Waals surface area (Å²) in [6.07, 6.45) is 3.81. The van der Waals surface area contributed by atoms with Crippen molar-refractivity contribution in [2.24, 2.45) is 0 Å². The van der Waals surface area contributed by atoms with Gasteiger partial charge >= 0.3 is 0 Å². The minimum Gasteiger partial charge on any atom is -0.493 e. The number of rotatable bonds is 6. The molecule has 4 heterocycles. The van der Waals surface area contributed by atoms with Gasteiger partial charge in [0.25, 0.3) is 0 Å². The van der Waals surface area contributed by atoms with Crippen LogP contribution in [0.15, 0.2) is 53.1 Å². The molecule has 1 aromatic carbocycles. The number of nitrogen functional groups attached to an aromatic ring is 1. The molecule has 1 unspecified atom stereocenters. The molecule has 0 saturated carbocycles. The van der Waals surface area contributed by atoms with Crippen LogP contribution in [0.5, 0.6) is 11.5 Å². The molecule has 166 valence electrons. The number of anilines is 1. The van der Waals surface area contributed by atoms with Crippen LogP contribution in [0.1, 0.15) is 30.0 Å². The maximum Gasteiger partial charge on any atom is 0.165 e. The first-order valence-electron chi connectivity index (χ1n) is 10.8. The highest BCUT2D eigenvalue weighted by atomic mass is 16.5. The van der Waals surface area contributed by atoms with E-state index in [1.807, 2.05) is 36.4 Å². The predicted molar refractivity (Wildman–Crippen MR) is 122 cm³/mol. The second kappa shape index (κ2) is 8.55. The van der Waals surface area contributed by atoms with E-state index in [2.05, 4.69) is 16.1 Å². The third-order valence-electron chi connectivity index (χ3n) is 6.05. The normalized spacial score (nSPS) is 17.0. The fraction of sp³-hybridized carbons (Fsp3) is 0.333. The Bertz CT molecular complexity index is 1220. The Kier molecular flexibility index (Phi) is 5.45. The fourth-order valence-electron chi connectivity index (χ4n) is 4.53. The average molecular weight is 434 g/mol. The van der Waals surface area contributed by atoms with Crippen molar-refractivity contribution in [3.63, 3.8) is 0 Å². The summed E-state index contributed by atoms with van der Waals surface area (Å²) in [4.78, 5) is 7.34. The summed E-state index contributed by atoms with van der Waals surface area (Å²) < 4.78 is 18.2. The molecule has 1 saturated heterocycles. The van der Waals surface area contributed by atoms with Gasteiger partial charge in [0.15, 0.2) is 22.9 Å². The van der Waals surface area contributed by atoms with Gasteiger partial charge in [-0.2, -0.15) is 9.61 Å². The van der Waals surface area contributed by atoms with Crippen LogP contribution in [0.2, 0.25) is 0 Å². The molecule has 1 aliphatic rings. The lowest BCUT2D eigenvalue weighted by Gasteiger charge is -2.33. The number of furan rings is 1. The van der Waals surface area contributed by atoms with Crippen molar-refractivity contribution in [3.8, 4) is 23.0 Å². The largest absolute Gasteiger partial charge is 0.493 e. The molecule has 1 aliphatic heterocycles. The third kappa shape index (κ3) is 3.78. The van der Waals surface area contributed by atoms with Gasteiger partial charge in [0.05, 0.1) is 26.2 Å². The molecular formula is C24H27N5O3. The zero-order valence-corrected chi connectivity index (χ0v) is 18.3. The van der Waals surface area contributed by atoms with Gasteiger partial charge in [0.2, 0.25) is 0 Å². The smallest absolute Gasteiger partial charge is 0.165 e. The topological polar surface area (TPSA) is 91.1 Å². The van der Waals surface area contributed by atoms with Crippen LogP contribution in [0.3, 0.4) is 0 Å². The van der Waals surface area contributed by atoms with Gasteiger partial charge in [0, 0.05) is 36.7 Å². The van der Waals surface area contributed by atoms with E-state index in [9.17, 15) is 0 Å². The minimum absolute atomic E-state index is 0.301. The van der Waals surface area contributed by atoms with E-state index in [-0.39, 0.29) is 0 Å². The molecule has 0 amide bonds. The molecular weight excluding hydrogens is 406 g/mol. The second-order valence-electron chi connectivity index (χ2n) is 8.11. The van der Waals surface area contributed by atoms with Gasteiger partial charge in [-0.25, -0.2) is 4.98 Å². The highest BCUT2D eigenvalue weighted by Gasteiger charge is 2.25. The van der Waals surface area contributed by atoms with Crippen LogP contribution in [-0.2, 0) is 6.54 Å². The van der Waals surface area contributed by atoms with Crippen LogP contribution in [0, 0.1) is 0 Å². The molecule has 0 aliphatic carbocycles. The van der Waals surface area contributed by atoms with Crippen molar-refractivity contribution in [1.82, 2.24) is 19.5 Å². The molecule has 0 bridgehead atoms. The number of nitrogens with two attached hydrogens (primary N) is 1. The van der Waals surface area contributed by atoms with Crippen molar-refractivity contribution in [2.75, 3.05) is 33.0 Å². The third-order valence-corrected chi connectivity index (χ3v) is 6.05. The Labute approximate surface area is 186 Å². The van der Waals surface area contributed by atoms with Gasteiger partial charge in [-0.3, -0.25) is 4.90 Å². The van der Waals surface area contributed by atoms with E-state index in [0.717, 1.165) is 66.6 Å². The number of methoxy groups -OCH3 is 2. The SMILES string of the molecule is COc1cccc(CN2CCCC(c3cc(N)n4nc(-c5ccco5)cc4n3)C2)c1OC. The predicted octanol–water partition coefficient (Wildman–Crippen LogP) is 3.97. The average Bonchev–Trinajstić information content (AvgIpc) is 3.49. The molecule has 32 heavy (non-hydrogen) atoms. The van der Waals surface area contributed by atoms with Gasteiger partial charge in [0.1, 0.15) is 11.5 Å². The van der Waals surface area contributed by atoms with Crippen LogP contribution >= 0.6 is 0 Å². The van der Waals surface area contributed by atoms with E-state index in [1.54, 1.807) is 25.0 Å². The van der Waals surface area contributed by atoms with Crippen LogP contribution in [-0.4, -0.2) is 46.8 Å². The zero-order chi connectivity index (χ0) is 22.1. The fourth-order valence-corrected chi connectivity index (χ4v) is 4.53. The number of nitrogens with zero attached hydrogens (tertiary/aromatic N) is 4. The first kappa shape index (κ1) is 20.4. The van der Waals surface area contributed by atoms with E-state index in [1.165, 1.54) is 0 Å². The van der Waals surface area contributed by atoms with Crippen LogP contribution in [0.25, 0.3) is 17.1 Å². The zero-order valence-electron chi connectivity index (χ0n) is 18.3. The number of ether oxygens (including phenoxy) is 2. The Morgan fingerprint density at radius 1 is 1.16 bits per heavy atom. The monoisotopic (exact) mass is 433 g/mol. The molecule has 2 N–H and O–H groups in total. The first-order chi connectivity index (χ1) is 15.7. The quantitative estimate of drug-likeness (QED) is 0.492. The molecule has 5 rings (SSSR count). The number of aromatic nitrogens is 3. The molecule has 8 nitrogen and oxygen atoms in total. The van der Waals surface area contributed by atoms with Crippen molar-refractivity contribution < 1.29 is 13.9 Å². The summed E-state index contributed by atoms with van der Waals surface area (Å²) in [7, 11) is 3.35. The molecule has 1 atom stereocenters. The van der Waals surface area contributed by atoms with E-state index in [0.29, 0.717) is 17.5 Å². The van der Waals surface area contributed by atoms with Gasteiger partial charge in [-0.05, 0) is 37.6 Å². The van der Waals surface area contributed by atoms with E-state index in [4.69, 9.17) is 24.6 Å². The first-order valence-corrected chi connectivity index (χ1v) is 10.8. The molecule has 0 spiro atoms. The Morgan fingerprint density at radius 2 is 2.06 bits per heavy atom. The summed E-state index contributed by atoms with van der Waals surface area (Å²) in [6, 6.07) is 13.6. The summed E-state index contributed by atoms with van der Waals surface area (Å²) in [5.41, 5.74) is 9.93. The molecule has 1 fully saturated rings. The summed E-state index contributed by atoms with van der Waals surface area (Å²) >= 11 is 0. The Balaban J connectivity index is 1.38. The Morgan fingerprint density at radius 3 is 2.84 bits per heavy atom. The molecule has 3 aromatic heterocycles. The highest BCUT2D eigenvalue weighted by molar-refractivity contribution is 5.61. The number of hydrogen-bond acceptors (Lipinski definition) is 7. The Hall–Kier alpha value is -3.52. The van der Waals surface area contributed by atoms with E-state index < -0.39 is 0 Å². The van der Waals surface area contributed by atoms with Gasteiger partial charge in [-0.15, -0.1) is 0 Å². The lowest BCUT2D eigenvalue weighted by Crippen LogP contribution is -2.34. The van der Waals surface area contributed by atoms with Crippen LogP contribution < -0.4 is 15.2 Å². The maximum absolute atomic E-state index is 6.34. The summed E-state index contributed by atoms with van der Waals surface area (Å²) in [6.45, 7) is 2.73. The van der Waals surface area contributed by atoms with Gasteiger partial charge < -0.3 is 19.6 Å². The van der Waals surface area contributed by atoms with E-state index >= 15 is 0 Å². The van der Waals surface area contributed by atoms with Gasteiger partial charge in [-0.1, -0.05) is 12.1 Å². The summed E-state index contributed by atoms with van der Waals surface area (Å²) in [5.74, 6) is 3.13. The lowest BCUT2D eigenvalue weighted by molar-refractivity contribution is 0.196. The number of hydrogen-bond donors (Lipinski definition) is 1. The number of para-hydroxylation sites is 1.